The van der Waals surface area contributed by atoms with Crippen LogP contribution in [0.15, 0.2) is 121 Å². The molecule has 0 saturated carbocycles. The quantitative estimate of drug-likeness (QED) is 0.171. The van der Waals surface area contributed by atoms with Crippen molar-refractivity contribution >= 4 is 87.0 Å². The molecule has 7 aromatic carbocycles. The lowest BCUT2D eigenvalue weighted by Gasteiger charge is -2.22. The fourth-order valence-corrected chi connectivity index (χ4v) is 9.53. The molecule has 0 saturated heterocycles. The van der Waals surface area contributed by atoms with E-state index < -0.39 is 0 Å². The molecule has 4 aromatic heterocycles. The van der Waals surface area contributed by atoms with Crippen LogP contribution in [0, 0.1) is 0 Å². The zero-order valence-corrected chi connectivity index (χ0v) is 24.9. The number of aromatic nitrogens is 2. The van der Waals surface area contributed by atoms with Crippen molar-refractivity contribution in [1.82, 2.24) is 8.80 Å². The topological polar surface area (TPSA) is 8.82 Å². The van der Waals surface area contributed by atoms with Gasteiger partial charge in [0.2, 0.25) is 0 Å². The maximum Gasteiger partial charge on any atom is 0.0620 e. The van der Waals surface area contributed by atoms with E-state index in [0.717, 1.165) is 0 Å². The minimum Gasteiger partial charge on any atom is -0.308 e. The van der Waals surface area contributed by atoms with Crippen LogP contribution in [0.4, 0.5) is 0 Å². The van der Waals surface area contributed by atoms with Crippen molar-refractivity contribution in [2.45, 2.75) is 19.3 Å². The molecule has 45 heavy (non-hydrogen) atoms. The number of fused-ring (bicyclic) bond motifs is 18. The largest absolute Gasteiger partial charge is 0.308 e. The van der Waals surface area contributed by atoms with Crippen molar-refractivity contribution in [3.8, 4) is 11.1 Å². The van der Waals surface area contributed by atoms with Crippen LogP contribution in [0.2, 0.25) is 0 Å². The summed E-state index contributed by atoms with van der Waals surface area (Å²) in [6.07, 6.45) is 0. The second kappa shape index (κ2) is 7.20. The lowest BCUT2D eigenvalue weighted by molar-refractivity contribution is 0.664. The molecular weight excluding hydrogens is 544 g/mol. The molecule has 0 amide bonds. The average Bonchev–Trinajstić information content (AvgIpc) is 3.84. The molecule has 0 radical (unpaired) electrons. The first kappa shape index (κ1) is 22.9. The van der Waals surface area contributed by atoms with Crippen molar-refractivity contribution in [1.29, 1.82) is 0 Å². The van der Waals surface area contributed by atoms with Gasteiger partial charge in [-0.3, -0.25) is 0 Å². The van der Waals surface area contributed by atoms with Crippen LogP contribution < -0.4 is 0 Å². The summed E-state index contributed by atoms with van der Waals surface area (Å²) in [5.41, 5.74) is 13.4. The Bertz CT molecular complexity index is 3110. The van der Waals surface area contributed by atoms with Gasteiger partial charge in [0.1, 0.15) is 0 Å². The standard InChI is InChI=1S/C43H26N2/c1-43(2)35-16-6-5-11-25(35)26-19-20-32-28-13-8-15-30-34-21-33-29-14-7-12-27-31-18-17-23-9-3-4-10-24(23)39(31)44(40(27)29)36(33)22-37(34)45(41(28)30)42(32)38(26)43/h3-22H,1-2H3. The van der Waals surface area contributed by atoms with Crippen LogP contribution in [0.25, 0.3) is 98.1 Å². The lowest BCUT2D eigenvalue weighted by Crippen LogP contribution is -2.15. The van der Waals surface area contributed by atoms with Gasteiger partial charge < -0.3 is 8.80 Å². The number of hydrogen-bond donors (Lipinski definition) is 0. The highest BCUT2D eigenvalue weighted by atomic mass is 14.9. The van der Waals surface area contributed by atoms with Crippen LogP contribution in [0.3, 0.4) is 0 Å². The van der Waals surface area contributed by atoms with E-state index in [1.165, 1.54) is 109 Å². The third-order valence-corrected chi connectivity index (χ3v) is 11.3. The summed E-state index contributed by atoms with van der Waals surface area (Å²) in [7, 11) is 0. The smallest absolute Gasteiger partial charge is 0.0620 e. The summed E-state index contributed by atoms with van der Waals surface area (Å²) in [6, 6.07) is 45.9. The second-order valence-corrected chi connectivity index (χ2v) is 13.7. The van der Waals surface area contributed by atoms with Crippen LogP contribution >= 0.6 is 0 Å². The van der Waals surface area contributed by atoms with E-state index in [4.69, 9.17) is 0 Å². The number of nitrogens with zero attached hydrogens (tertiary/aromatic N) is 2. The molecule has 0 fully saturated rings. The number of rotatable bonds is 0. The molecule has 1 aliphatic rings. The summed E-state index contributed by atoms with van der Waals surface area (Å²) < 4.78 is 5.18. The summed E-state index contributed by atoms with van der Waals surface area (Å²) in [4.78, 5) is 0. The number of para-hydroxylation sites is 2. The van der Waals surface area contributed by atoms with E-state index >= 15 is 0 Å². The number of benzene rings is 7. The van der Waals surface area contributed by atoms with Crippen LogP contribution in [-0.2, 0) is 5.41 Å². The van der Waals surface area contributed by atoms with Crippen molar-refractivity contribution < 1.29 is 0 Å². The molecule has 11 aromatic rings. The molecule has 0 unspecified atom stereocenters. The van der Waals surface area contributed by atoms with Gasteiger partial charge in [-0.25, -0.2) is 0 Å². The maximum atomic E-state index is 2.62. The highest BCUT2D eigenvalue weighted by Crippen LogP contribution is 2.54. The van der Waals surface area contributed by atoms with Gasteiger partial charge in [0.25, 0.3) is 0 Å². The Labute approximate surface area is 258 Å². The maximum absolute atomic E-state index is 2.62. The minimum atomic E-state index is -0.100. The van der Waals surface area contributed by atoms with Crippen molar-refractivity contribution in [2.24, 2.45) is 0 Å². The van der Waals surface area contributed by atoms with Gasteiger partial charge in [0, 0.05) is 53.9 Å². The second-order valence-electron chi connectivity index (χ2n) is 13.7. The third kappa shape index (κ3) is 2.37. The Hall–Kier alpha value is -5.60. The zero-order valence-electron chi connectivity index (χ0n) is 24.9. The molecule has 4 heterocycles. The predicted octanol–water partition coefficient (Wildman–Crippen LogP) is 11.4. The van der Waals surface area contributed by atoms with Gasteiger partial charge in [-0.2, -0.15) is 0 Å². The Morgan fingerprint density at radius 2 is 0.933 bits per heavy atom. The van der Waals surface area contributed by atoms with Gasteiger partial charge in [0.15, 0.2) is 0 Å². The van der Waals surface area contributed by atoms with E-state index in [1.54, 1.807) is 0 Å². The Balaban J connectivity index is 1.35. The molecule has 0 atom stereocenters. The summed E-state index contributed by atoms with van der Waals surface area (Å²) in [6.45, 7) is 4.82. The average molecular weight is 571 g/mol. The van der Waals surface area contributed by atoms with E-state index in [9.17, 15) is 0 Å². The van der Waals surface area contributed by atoms with E-state index in [1.807, 2.05) is 0 Å². The van der Waals surface area contributed by atoms with E-state index in [0.29, 0.717) is 0 Å². The first-order chi connectivity index (χ1) is 22.1. The van der Waals surface area contributed by atoms with Gasteiger partial charge >= 0.3 is 0 Å². The van der Waals surface area contributed by atoms with Gasteiger partial charge in [-0.1, -0.05) is 123 Å². The fraction of sp³-hybridized carbons (Fsp3) is 0.0698. The third-order valence-electron chi connectivity index (χ3n) is 11.3. The van der Waals surface area contributed by atoms with Crippen LogP contribution in [0.5, 0.6) is 0 Å². The molecule has 0 bridgehead atoms. The van der Waals surface area contributed by atoms with Crippen LogP contribution in [0.1, 0.15) is 25.0 Å². The molecule has 2 nitrogen and oxygen atoms in total. The van der Waals surface area contributed by atoms with Crippen molar-refractivity contribution in [3.05, 3.63) is 132 Å². The SMILES string of the molecule is CC1(C)c2ccccc2-c2ccc3c4cccc5c6cc7c8cccc9c%10ccc%11ccccc%11c%10n(c7cc6n(c3c21)c54)c89. The molecule has 2 heteroatoms. The number of hydrogen-bond acceptors (Lipinski definition) is 0. The molecular formula is C43H26N2. The molecule has 0 N–H and O–H groups in total. The van der Waals surface area contributed by atoms with Crippen molar-refractivity contribution in [2.75, 3.05) is 0 Å². The minimum absolute atomic E-state index is 0.100. The van der Waals surface area contributed by atoms with Gasteiger partial charge in [-0.15, -0.1) is 0 Å². The summed E-state index contributed by atoms with van der Waals surface area (Å²) >= 11 is 0. The van der Waals surface area contributed by atoms with E-state index in [2.05, 4.69) is 144 Å². The van der Waals surface area contributed by atoms with Crippen molar-refractivity contribution in [3.63, 3.8) is 0 Å². The normalized spacial score (nSPS) is 14.6. The van der Waals surface area contributed by atoms with Crippen LogP contribution in [-0.4, -0.2) is 8.80 Å². The Morgan fingerprint density at radius 1 is 0.400 bits per heavy atom. The monoisotopic (exact) mass is 570 g/mol. The first-order valence-electron chi connectivity index (χ1n) is 16.0. The predicted molar refractivity (Wildman–Crippen MR) is 191 cm³/mol. The molecule has 12 rings (SSSR count). The lowest BCUT2D eigenvalue weighted by atomic mass is 9.81. The summed E-state index contributed by atoms with van der Waals surface area (Å²) in [5, 5.41) is 13.3. The Kier molecular flexibility index (Phi) is 3.66. The van der Waals surface area contributed by atoms with E-state index in [-0.39, 0.29) is 5.41 Å². The Morgan fingerprint density at radius 3 is 1.69 bits per heavy atom. The molecule has 208 valence electrons. The van der Waals surface area contributed by atoms with Gasteiger partial charge in [-0.05, 0) is 39.8 Å². The fourth-order valence-electron chi connectivity index (χ4n) is 9.53. The molecule has 0 spiro atoms. The van der Waals surface area contributed by atoms with Gasteiger partial charge in [0.05, 0.1) is 33.1 Å². The molecule has 1 aliphatic carbocycles. The highest BCUT2D eigenvalue weighted by molar-refractivity contribution is 6.31. The first-order valence-corrected chi connectivity index (χ1v) is 16.0. The molecule has 0 aliphatic heterocycles. The summed E-state index contributed by atoms with van der Waals surface area (Å²) in [5.74, 6) is 0. The highest BCUT2D eigenvalue weighted by Gasteiger charge is 2.38. The zero-order chi connectivity index (χ0) is 29.3.